The van der Waals surface area contributed by atoms with Crippen molar-refractivity contribution in [3.63, 3.8) is 0 Å². The summed E-state index contributed by atoms with van der Waals surface area (Å²) in [5.74, 6) is -0.146. The van der Waals surface area contributed by atoms with Crippen LogP contribution in [0.5, 0.6) is 0 Å². The maximum atomic E-state index is 12.7. The maximum absolute atomic E-state index is 12.7. The molecule has 0 saturated carbocycles. The summed E-state index contributed by atoms with van der Waals surface area (Å²) in [7, 11) is -3.21. The van der Waals surface area contributed by atoms with Crippen molar-refractivity contribution in [2.75, 3.05) is 32.4 Å². The molecule has 9 heteroatoms. The van der Waals surface area contributed by atoms with Crippen LogP contribution in [0.1, 0.15) is 9.67 Å². The van der Waals surface area contributed by atoms with Gasteiger partial charge >= 0.3 is 0 Å². The predicted molar refractivity (Wildman–Crippen MR) is 87.7 cm³/mol. The SMILES string of the molecule is CS(=O)(=O)N1CCN(C(=O)c2snnc2-c2ccccc2)CC1. The van der Waals surface area contributed by atoms with Gasteiger partial charge in [-0.15, -0.1) is 5.10 Å². The van der Waals surface area contributed by atoms with Crippen LogP contribution < -0.4 is 0 Å². The lowest BCUT2D eigenvalue weighted by Gasteiger charge is -2.33. The number of nitrogens with zero attached hydrogens (tertiary/aromatic N) is 4. The number of hydrogen-bond donors (Lipinski definition) is 0. The second-order valence-electron chi connectivity index (χ2n) is 5.27. The van der Waals surface area contributed by atoms with Gasteiger partial charge in [-0.2, -0.15) is 4.31 Å². The topological polar surface area (TPSA) is 83.5 Å². The van der Waals surface area contributed by atoms with Crippen LogP contribution in [0.3, 0.4) is 0 Å². The van der Waals surface area contributed by atoms with E-state index in [2.05, 4.69) is 9.59 Å². The summed E-state index contributed by atoms with van der Waals surface area (Å²) in [6.07, 6.45) is 1.19. The van der Waals surface area contributed by atoms with Gasteiger partial charge < -0.3 is 4.90 Å². The molecule has 0 atom stereocenters. The van der Waals surface area contributed by atoms with Crippen LogP contribution in [0.2, 0.25) is 0 Å². The molecule has 2 aromatic rings. The zero-order chi connectivity index (χ0) is 16.4. The molecule has 2 heterocycles. The van der Waals surface area contributed by atoms with Gasteiger partial charge in [0.1, 0.15) is 10.6 Å². The molecule has 1 saturated heterocycles. The molecule has 7 nitrogen and oxygen atoms in total. The maximum Gasteiger partial charge on any atom is 0.267 e. The van der Waals surface area contributed by atoms with Gasteiger partial charge in [-0.25, -0.2) is 8.42 Å². The first-order valence-corrected chi connectivity index (χ1v) is 9.71. The van der Waals surface area contributed by atoms with E-state index in [0.717, 1.165) is 17.1 Å². The largest absolute Gasteiger partial charge is 0.335 e. The quantitative estimate of drug-likeness (QED) is 0.820. The number of amides is 1. The summed E-state index contributed by atoms with van der Waals surface area (Å²) in [5.41, 5.74) is 1.42. The number of rotatable bonds is 3. The third-order valence-corrected chi connectivity index (χ3v) is 5.74. The number of sulfonamides is 1. The van der Waals surface area contributed by atoms with Crippen molar-refractivity contribution >= 4 is 27.5 Å². The van der Waals surface area contributed by atoms with E-state index in [9.17, 15) is 13.2 Å². The highest BCUT2D eigenvalue weighted by Crippen LogP contribution is 2.25. The van der Waals surface area contributed by atoms with Crippen molar-refractivity contribution in [2.45, 2.75) is 0 Å². The van der Waals surface area contributed by atoms with E-state index in [-0.39, 0.29) is 5.91 Å². The Morgan fingerprint density at radius 2 is 1.78 bits per heavy atom. The van der Waals surface area contributed by atoms with Gasteiger partial charge in [0.2, 0.25) is 10.0 Å². The van der Waals surface area contributed by atoms with E-state index in [4.69, 9.17) is 0 Å². The van der Waals surface area contributed by atoms with E-state index in [1.165, 1.54) is 10.6 Å². The Morgan fingerprint density at radius 3 is 2.39 bits per heavy atom. The van der Waals surface area contributed by atoms with Crippen molar-refractivity contribution in [3.8, 4) is 11.3 Å². The molecule has 1 aromatic heterocycles. The highest BCUT2D eigenvalue weighted by molar-refractivity contribution is 7.88. The van der Waals surface area contributed by atoms with Crippen LogP contribution in [0, 0.1) is 0 Å². The van der Waals surface area contributed by atoms with Crippen molar-refractivity contribution in [3.05, 3.63) is 35.2 Å². The summed E-state index contributed by atoms with van der Waals surface area (Å²) in [6, 6.07) is 9.43. The van der Waals surface area contributed by atoms with Crippen LogP contribution in [0.15, 0.2) is 30.3 Å². The molecule has 1 aliphatic rings. The number of piperazine rings is 1. The van der Waals surface area contributed by atoms with Crippen molar-refractivity contribution in [2.24, 2.45) is 0 Å². The number of benzene rings is 1. The van der Waals surface area contributed by atoms with E-state index < -0.39 is 10.0 Å². The van der Waals surface area contributed by atoms with E-state index in [1.54, 1.807) is 4.90 Å². The molecular weight excluding hydrogens is 336 g/mol. The molecule has 0 N–H and O–H groups in total. The summed E-state index contributed by atoms with van der Waals surface area (Å²) in [6.45, 7) is 1.38. The molecule has 0 radical (unpaired) electrons. The average molecular weight is 352 g/mol. The molecule has 1 aliphatic heterocycles. The summed E-state index contributed by atoms with van der Waals surface area (Å²) >= 11 is 1.07. The van der Waals surface area contributed by atoms with Crippen LogP contribution in [0.25, 0.3) is 11.3 Å². The van der Waals surface area contributed by atoms with E-state index in [0.29, 0.717) is 36.8 Å². The molecule has 3 rings (SSSR count). The van der Waals surface area contributed by atoms with Crippen molar-refractivity contribution in [1.29, 1.82) is 0 Å². The summed E-state index contributed by atoms with van der Waals surface area (Å²) in [4.78, 5) is 14.8. The smallest absolute Gasteiger partial charge is 0.267 e. The number of carbonyl (C=O) groups excluding carboxylic acids is 1. The van der Waals surface area contributed by atoms with Gasteiger partial charge in [-0.1, -0.05) is 34.8 Å². The third kappa shape index (κ3) is 3.41. The van der Waals surface area contributed by atoms with Gasteiger partial charge in [0.25, 0.3) is 5.91 Å². The van der Waals surface area contributed by atoms with Gasteiger partial charge in [-0.3, -0.25) is 4.79 Å². The van der Waals surface area contributed by atoms with Crippen LogP contribution in [0.4, 0.5) is 0 Å². The number of aromatic nitrogens is 2. The number of hydrogen-bond acceptors (Lipinski definition) is 6. The van der Waals surface area contributed by atoms with E-state index in [1.807, 2.05) is 30.3 Å². The van der Waals surface area contributed by atoms with Gasteiger partial charge in [0, 0.05) is 31.7 Å². The van der Waals surface area contributed by atoms with Gasteiger partial charge in [0.05, 0.1) is 6.26 Å². The molecule has 122 valence electrons. The fraction of sp³-hybridized carbons (Fsp3) is 0.357. The Balaban J connectivity index is 1.77. The van der Waals surface area contributed by atoms with E-state index >= 15 is 0 Å². The first kappa shape index (κ1) is 16.0. The first-order valence-electron chi connectivity index (χ1n) is 7.09. The molecule has 1 amide bonds. The zero-order valence-corrected chi connectivity index (χ0v) is 14.2. The predicted octanol–water partition coefficient (Wildman–Crippen LogP) is 0.923. The molecule has 0 bridgehead atoms. The molecule has 0 unspecified atom stereocenters. The first-order chi connectivity index (χ1) is 11.0. The fourth-order valence-corrected chi connectivity index (χ4v) is 3.97. The molecule has 0 aliphatic carbocycles. The minimum atomic E-state index is -3.21. The zero-order valence-electron chi connectivity index (χ0n) is 12.5. The minimum Gasteiger partial charge on any atom is -0.335 e. The highest BCUT2D eigenvalue weighted by Gasteiger charge is 2.29. The minimum absolute atomic E-state index is 0.146. The Hall–Kier alpha value is -1.84. The second kappa shape index (κ2) is 6.34. The van der Waals surface area contributed by atoms with Crippen LogP contribution in [-0.2, 0) is 10.0 Å². The van der Waals surface area contributed by atoms with Crippen molar-refractivity contribution in [1.82, 2.24) is 18.8 Å². The normalized spacial score (nSPS) is 16.5. The Morgan fingerprint density at radius 1 is 1.13 bits per heavy atom. The average Bonchev–Trinajstić information content (AvgIpc) is 3.04. The fourth-order valence-electron chi connectivity index (χ4n) is 2.48. The lowest BCUT2D eigenvalue weighted by atomic mass is 10.1. The van der Waals surface area contributed by atoms with Gasteiger partial charge in [-0.05, 0) is 11.5 Å². The summed E-state index contributed by atoms with van der Waals surface area (Å²) < 4.78 is 28.4. The standard InChI is InChI=1S/C14H16N4O3S2/c1-23(20,21)18-9-7-17(8-10-18)14(19)13-12(15-16-22-13)11-5-3-2-4-6-11/h2-6H,7-10H2,1H3. The van der Waals surface area contributed by atoms with Crippen molar-refractivity contribution < 1.29 is 13.2 Å². The monoisotopic (exact) mass is 352 g/mol. The molecular formula is C14H16N4O3S2. The summed E-state index contributed by atoms with van der Waals surface area (Å²) in [5, 5.41) is 4.07. The molecule has 1 aromatic carbocycles. The Bertz CT molecular complexity index is 796. The molecule has 1 fully saturated rings. The Kier molecular flexibility index (Phi) is 4.42. The molecule has 23 heavy (non-hydrogen) atoms. The lowest BCUT2D eigenvalue weighted by molar-refractivity contribution is 0.0703. The number of carbonyl (C=O) groups is 1. The highest BCUT2D eigenvalue weighted by atomic mass is 32.2. The van der Waals surface area contributed by atoms with Gasteiger partial charge in [0.15, 0.2) is 0 Å². The Labute approximate surface area is 138 Å². The third-order valence-electron chi connectivity index (χ3n) is 3.72. The molecule has 0 spiro atoms. The van der Waals surface area contributed by atoms with Crippen LogP contribution in [-0.4, -0.2) is 65.6 Å². The second-order valence-corrected chi connectivity index (χ2v) is 8.01. The lowest BCUT2D eigenvalue weighted by Crippen LogP contribution is -2.50. The van der Waals surface area contributed by atoms with Crippen LogP contribution >= 0.6 is 11.5 Å².